The molecular formula is C18H14ClFN4O. The van der Waals surface area contributed by atoms with Crippen LogP contribution >= 0.6 is 11.6 Å². The number of rotatable bonds is 2. The van der Waals surface area contributed by atoms with Crippen molar-refractivity contribution in [2.75, 3.05) is 0 Å². The average molecular weight is 357 g/mol. The summed E-state index contributed by atoms with van der Waals surface area (Å²) in [6.07, 6.45) is 2.13. The van der Waals surface area contributed by atoms with Crippen molar-refractivity contribution < 1.29 is 9.13 Å². The maximum Gasteiger partial charge on any atom is 0.213 e. The summed E-state index contributed by atoms with van der Waals surface area (Å²) >= 11 is 6.11. The molecule has 2 unspecified atom stereocenters. The van der Waals surface area contributed by atoms with Crippen molar-refractivity contribution in [1.82, 2.24) is 9.97 Å². The van der Waals surface area contributed by atoms with Crippen molar-refractivity contribution >= 4 is 11.6 Å². The molecule has 0 saturated carbocycles. The van der Waals surface area contributed by atoms with Gasteiger partial charge in [-0.3, -0.25) is 10.7 Å². The first-order valence-corrected chi connectivity index (χ1v) is 7.96. The quantitative estimate of drug-likeness (QED) is 0.689. The average Bonchev–Trinajstić information content (AvgIpc) is 2.87. The summed E-state index contributed by atoms with van der Waals surface area (Å²) < 4.78 is 19.3. The number of aromatic nitrogens is 2. The number of ether oxygens (including phenoxy) is 1. The van der Waals surface area contributed by atoms with E-state index in [2.05, 4.69) is 9.97 Å². The Bertz CT molecular complexity index is 967. The third kappa shape index (κ3) is 2.46. The number of hydrogen-bond acceptors (Lipinski definition) is 5. The van der Waals surface area contributed by atoms with Gasteiger partial charge in [0, 0.05) is 34.6 Å². The Morgan fingerprint density at radius 3 is 2.68 bits per heavy atom. The van der Waals surface area contributed by atoms with E-state index in [-0.39, 0.29) is 0 Å². The minimum absolute atomic E-state index is 0.433. The standard InChI is InChI=1S/C18H14ClFN4O/c19-12-3-1-2-11(9-12)18(22)13-5-7-24-15(16(13)25-17(18)21)10-4-6-23-14(20)8-10/h1-9,17H,21-22H2. The number of halogens is 2. The highest BCUT2D eigenvalue weighted by Crippen LogP contribution is 2.46. The van der Waals surface area contributed by atoms with Gasteiger partial charge >= 0.3 is 0 Å². The molecule has 4 rings (SSSR count). The number of fused-ring (bicyclic) bond motifs is 1. The SMILES string of the molecule is NC1Oc2c(ccnc2-c2ccnc(F)c2)C1(N)c1cccc(Cl)c1. The third-order valence-electron chi connectivity index (χ3n) is 4.35. The first-order chi connectivity index (χ1) is 12.0. The second-order valence-corrected chi connectivity index (χ2v) is 6.26. The molecule has 2 atom stereocenters. The number of pyridine rings is 2. The largest absolute Gasteiger partial charge is 0.470 e. The van der Waals surface area contributed by atoms with E-state index in [1.54, 1.807) is 36.5 Å². The van der Waals surface area contributed by atoms with Crippen LogP contribution in [0.2, 0.25) is 5.02 Å². The number of hydrogen-bond donors (Lipinski definition) is 2. The minimum atomic E-state index is -1.09. The highest BCUT2D eigenvalue weighted by Gasteiger charge is 2.47. The van der Waals surface area contributed by atoms with Gasteiger partial charge in [0.1, 0.15) is 11.2 Å². The number of nitrogens with two attached hydrogens (primary N) is 2. The molecular weight excluding hydrogens is 343 g/mol. The van der Waals surface area contributed by atoms with E-state index >= 15 is 0 Å². The fourth-order valence-corrected chi connectivity index (χ4v) is 3.28. The zero-order valence-electron chi connectivity index (χ0n) is 13.0. The second-order valence-electron chi connectivity index (χ2n) is 5.82. The van der Waals surface area contributed by atoms with Crippen molar-refractivity contribution in [3.8, 4) is 17.0 Å². The molecule has 0 fully saturated rings. The Balaban J connectivity index is 1.91. The van der Waals surface area contributed by atoms with Crippen LogP contribution in [0.4, 0.5) is 4.39 Å². The molecule has 4 N–H and O–H groups in total. The van der Waals surface area contributed by atoms with Gasteiger partial charge in [-0.1, -0.05) is 23.7 Å². The van der Waals surface area contributed by atoms with Crippen LogP contribution in [-0.2, 0) is 5.54 Å². The lowest BCUT2D eigenvalue weighted by Gasteiger charge is -2.28. The van der Waals surface area contributed by atoms with E-state index in [9.17, 15) is 4.39 Å². The summed E-state index contributed by atoms with van der Waals surface area (Å²) in [6, 6.07) is 11.8. The van der Waals surface area contributed by atoms with Gasteiger partial charge in [-0.05, 0) is 29.8 Å². The van der Waals surface area contributed by atoms with Crippen LogP contribution < -0.4 is 16.2 Å². The van der Waals surface area contributed by atoms with Crippen molar-refractivity contribution in [2.45, 2.75) is 11.8 Å². The van der Waals surface area contributed by atoms with Gasteiger partial charge in [0.25, 0.3) is 0 Å². The van der Waals surface area contributed by atoms with Gasteiger partial charge in [-0.2, -0.15) is 4.39 Å². The van der Waals surface area contributed by atoms with Crippen molar-refractivity contribution in [1.29, 1.82) is 0 Å². The Hall–Kier alpha value is -2.54. The fourth-order valence-electron chi connectivity index (χ4n) is 3.09. The van der Waals surface area contributed by atoms with Crippen molar-refractivity contribution in [3.63, 3.8) is 0 Å². The van der Waals surface area contributed by atoms with E-state index in [4.69, 9.17) is 27.8 Å². The van der Waals surface area contributed by atoms with E-state index in [1.165, 1.54) is 12.3 Å². The van der Waals surface area contributed by atoms with Gasteiger partial charge in [0.2, 0.25) is 5.95 Å². The lowest BCUT2D eigenvalue weighted by Crippen LogP contribution is -2.52. The zero-order valence-corrected chi connectivity index (χ0v) is 13.7. The van der Waals surface area contributed by atoms with Crippen LogP contribution in [0, 0.1) is 5.95 Å². The molecule has 0 spiro atoms. The topological polar surface area (TPSA) is 87.0 Å². The third-order valence-corrected chi connectivity index (χ3v) is 4.58. The summed E-state index contributed by atoms with van der Waals surface area (Å²) in [5.41, 5.74) is 14.2. The van der Waals surface area contributed by atoms with E-state index < -0.39 is 17.7 Å². The van der Waals surface area contributed by atoms with E-state index in [0.29, 0.717) is 27.6 Å². The summed E-state index contributed by atoms with van der Waals surface area (Å²) in [5.74, 6) is -0.170. The van der Waals surface area contributed by atoms with Gasteiger partial charge < -0.3 is 10.5 Å². The summed E-state index contributed by atoms with van der Waals surface area (Å²) in [6.45, 7) is 0. The molecule has 7 heteroatoms. The van der Waals surface area contributed by atoms with Crippen LogP contribution in [0.5, 0.6) is 5.75 Å². The predicted molar refractivity (Wildman–Crippen MR) is 92.4 cm³/mol. The molecule has 0 amide bonds. The Labute approximate surface area is 148 Å². The van der Waals surface area contributed by atoms with Crippen LogP contribution in [0.3, 0.4) is 0 Å². The Morgan fingerprint density at radius 2 is 1.92 bits per heavy atom. The lowest BCUT2D eigenvalue weighted by molar-refractivity contribution is 0.178. The second kappa shape index (κ2) is 5.77. The predicted octanol–water partition coefficient (Wildman–Crippen LogP) is 2.82. The molecule has 5 nitrogen and oxygen atoms in total. The zero-order chi connectivity index (χ0) is 17.6. The molecule has 3 aromatic rings. The molecule has 0 aliphatic carbocycles. The highest BCUT2D eigenvalue weighted by atomic mass is 35.5. The molecule has 0 bridgehead atoms. The maximum atomic E-state index is 13.5. The van der Waals surface area contributed by atoms with Gasteiger partial charge in [0.15, 0.2) is 12.0 Å². The normalized spacial score (nSPS) is 21.7. The van der Waals surface area contributed by atoms with Crippen LogP contribution in [0.1, 0.15) is 11.1 Å². The van der Waals surface area contributed by atoms with Gasteiger partial charge in [0.05, 0.1) is 0 Å². The molecule has 1 aliphatic heterocycles. The summed E-state index contributed by atoms with van der Waals surface area (Å²) in [7, 11) is 0. The molecule has 126 valence electrons. The van der Waals surface area contributed by atoms with Gasteiger partial charge in [-0.25, -0.2) is 4.98 Å². The molecule has 2 aromatic heterocycles. The molecule has 25 heavy (non-hydrogen) atoms. The lowest BCUT2D eigenvalue weighted by atomic mass is 9.83. The van der Waals surface area contributed by atoms with E-state index in [1.807, 2.05) is 6.07 Å². The highest BCUT2D eigenvalue weighted by molar-refractivity contribution is 6.30. The number of nitrogens with zero attached hydrogens (tertiary/aromatic N) is 2. The van der Waals surface area contributed by atoms with Crippen molar-refractivity contribution in [2.24, 2.45) is 11.5 Å². The molecule has 3 heterocycles. The monoisotopic (exact) mass is 356 g/mol. The Kier molecular flexibility index (Phi) is 3.68. The number of benzene rings is 1. The summed E-state index contributed by atoms with van der Waals surface area (Å²) in [4.78, 5) is 7.88. The van der Waals surface area contributed by atoms with Gasteiger partial charge in [-0.15, -0.1) is 0 Å². The fraction of sp³-hybridized carbons (Fsp3) is 0.111. The van der Waals surface area contributed by atoms with Crippen LogP contribution in [0.25, 0.3) is 11.3 Å². The van der Waals surface area contributed by atoms with E-state index in [0.717, 1.165) is 5.56 Å². The van der Waals surface area contributed by atoms with Crippen LogP contribution in [-0.4, -0.2) is 16.2 Å². The van der Waals surface area contributed by atoms with Crippen LogP contribution in [0.15, 0.2) is 54.9 Å². The maximum absolute atomic E-state index is 13.5. The molecule has 0 radical (unpaired) electrons. The molecule has 0 saturated heterocycles. The first-order valence-electron chi connectivity index (χ1n) is 7.58. The smallest absolute Gasteiger partial charge is 0.213 e. The molecule has 1 aliphatic rings. The molecule has 1 aromatic carbocycles. The van der Waals surface area contributed by atoms with Crippen molar-refractivity contribution in [3.05, 3.63) is 77.0 Å². The Morgan fingerprint density at radius 1 is 1.12 bits per heavy atom. The summed E-state index contributed by atoms with van der Waals surface area (Å²) in [5, 5.41) is 0.549. The minimum Gasteiger partial charge on any atom is -0.470 e. The first kappa shape index (κ1) is 16.0.